The van der Waals surface area contributed by atoms with Gasteiger partial charge in [0.25, 0.3) is 0 Å². The first kappa shape index (κ1) is 16.0. The number of imidazole rings is 1. The maximum absolute atomic E-state index is 5.60. The smallest absolute Gasteiger partial charge is 0.169 e. The van der Waals surface area contributed by atoms with Crippen molar-refractivity contribution in [2.24, 2.45) is 7.05 Å². The molecule has 1 N–H and O–H groups in total. The molecule has 0 spiro atoms. The Bertz CT molecular complexity index is 1080. The summed E-state index contributed by atoms with van der Waals surface area (Å²) in [4.78, 5) is 11.8. The molecule has 1 fully saturated rings. The molecule has 138 valence electrons. The molecule has 4 aromatic rings. The van der Waals surface area contributed by atoms with Gasteiger partial charge in [0.05, 0.1) is 36.3 Å². The molecule has 0 aromatic carbocycles. The topological polar surface area (TPSA) is 89.2 Å². The molecule has 1 unspecified atom stereocenters. The molecule has 0 amide bonds. The Morgan fingerprint density at radius 1 is 1.22 bits per heavy atom. The predicted molar refractivity (Wildman–Crippen MR) is 100 cm³/mol. The first-order chi connectivity index (χ1) is 13.2. The zero-order chi connectivity index (χ0) is 18.4. The van der Waals surface area contributed by atoms with Crippen LogP contribution >= 0.6 is 0 Å². The molecule has 1 aliphatic rings. The molecule has 0 radical (unpaired) electrons. The van der Waals surface area contributed by atoms with Gasteiger partial charge in [-0.25, -0.2) is 9.97 Å². The molecule has 4 aromatic heterocycles. The Morgan fingerprint density at radius 3 is 2.89 bits per heavy atom. The third-order valence-electron chi connectivity index (χ3n) is 4.99. The maximum Gasteiger partial charge on any atom is 0.169 e. The second-order valence-corrected chi connectivity index (χ2v) is 6.71. The lowest BCUT2D eigenvalue weighted by molar-refractivity contribution is 0.0985. The summed E-state index contributed by atoms with van der Waals surface area (Å²) in [5.74, 6) is 0.913. The molecule has 5 heterocycles. The zero-order valence-electron chi connectivity index (χ0n) is 15.2. The number of nitrogens with one attached hydrogen (secondary N) is 1. The lowest BCUT2D eigenvalue weighted by atomic mass is 10.2. The summed E-state index contributed by atoms with van der Waals surface area (Å²) in [5, 5.41) is 11.4. The standard InChI is InChI=1S/C18H20N8O/c1-12-10-27-8-7-25(12)16-9-15(14-4-6-21-24(14)2)26-11-19-17(18(26)22-16)13-3-5-20-23-13/h3-6,9,11-12H,7-8,10H2,1-2H3,(H,20,23). The summed E-state index contributed by atoms with van der Waals surface area (Å²) in [6, 6.07) is 6.26. The van der Waals surface area contributed by atoms with Crippen LogP contribution in [-0.4, -0.2) is 60.1 Å². The molecule has 0 aliphatic carbocycles. The summed E-state index contributed by atoms with van der Waals surface area (Å²) < 4.78 is 9.46. The van der Waals surface area contributed by atoms with Crippen LogP contribution < -0.4 is 4.90 Å². The van der Waals surface area contributed by atoms with Crippen LogP contribution in [0.1, 0.15) is 6.92 Å². The fourth-order valence-electron chi connectivity index (χ4n) is 3.57. The number of nitrogens with zero attached hydrogens (tertiary/aromatic N) is 7. The SMILES string of the molecule is CC1COCCN1c1cc(-c2ccnn2C)n2cnc(-c3ccn[nH]3)c2n1. The predicted octanol–water partition coefficient (Wildman–Crippen LogP) is 1.74. The number of H-pyrrole nitrogens is 1. The van der Waals surface area contributed by atoms with Gasteiger partial charge in [-0.15, -0.1) is 0 Å². The van der Waals surface area contributed by atoms with Crippen LogP contribution in [0, 0.1) is 0 Å². The molecule has 1 atom stereocenters. The van der Waals surface area contributed by atoms with Crippen molar-refractivity contribution in [1.29, 1.82) is 0 Å². The van der Waals surface area contributed by atoms with Crippen molar-refractivity contribution < 1.29 is 4.74 Å². The molecular formula is C18H20N8O. The highest BCUT2D eigenvalue weighted by Crippen LogP contribution is 2.30. The number of aromatic amines is 1. The minimum atomic E-state index is 0.256. The number of fused-ring (bicyclic) bond motifs is 1. The van der Waals surface area contributed by atoms with Gasteiger partial charge in [0.2, 0.25) is 0 Å². The molecule has 27 heavy (non-hydrogen) atoms. The Morgan fingerprint density at radius 2 is 2.15 bits per heavy atom. The van der Waals surface area contributed by atoms with E-state index in [2.05, 4.69) is 38.2 Å². The van der Waals surface area contributed by atoms with E-state index in [9.17, 15) is 0 Å². The number of aryl methyl sites for hydroxylation is 1. The summed E-state index contributed by atoms with van der Waals surface area (Å²) in [5.41, 5.74) is 4.39. The number of aromatic nitrogens is 7. The van der Waals surface area contributed by atoms with Crippen molar-refractivity contribution in [2.45, 2.75) is 13.0 Å². The third kappa shape index (κ3) is 2.58. The van der Waals surface area contributed by atoms with E-state index >= 15 is 0 Å². The van der Waals surface area contributed by atoms with Crippen molar-refractivity contribution >= 4 is 11.5 Å². The van der Waals surface area contributed by atoms with Gasteiger partial charge >= 0.3 is 0 Å². The summed E-state index contributed by atoms with van der Waals surface area (Å²) >= 11 is 0. The summed E-state index contributed by atoms with van der Waals surface area (Å²) in [6.45, 7) is 4.36. The van der Waals surface area contributed by atoms with Crippen molar-refractivity contribution in [3.8, 4) is 22.8 Å². The number of hydrogen-bond donors (Lipinski definition) is 1. The van der Waals surface area contributed by atoms with Gasteiger partial charge in [-0.3, -0.25) is 14.2 Å². The van der Waals surface area contributed by atoms with Gasteiger partial charge in [-0.05, 0) is 19.1 Å². The Kier molecular flexibility index (Phi) is 3.68. The zero-order valence-corrected chi connectivity index (χ0v) is 15.2. The minimum Gasteiger partial charge on any atom is -0.377 e. The molecule has 1 saturated heterocycles. The van der Waals surface area contributed by atoms with Crippen molar-refractivity contribution in [1.82, 2.24) is 34.3 Å². The monoisotopic (exact) mass is 364 g/mol. The van der Waals surface area contributed by atoms with E-state index in [4.69, 9.17) is 9.72 Å². The quantitative estimate of drug-likeness (QED) is 0.596. The molecule has 1 aliphatic heterocycles. The lowest BCUT2D eigenvalue weighted by Gasteiger charge is -2.34. The third-order valence-corrected chi connectivity index (χ3v) is 4.99. The van der Waals surface area contributed by atoms with E-state index in [1.165, 1.54) is 0 Å². The number of hydrogen-bond acceptors (Lipinski definition) is 6. The Balaban J connectivity index is 1.76. The summed E-state index contributed by atoms with van der Waals surface area (Å²) in [7, 11) is 1.94. The van der Waals surface area contributed by atoms with Gasteiger partial charge in [-0.1, -0.05) is 0 Å². The molecule has 5 rings (SSSR count). The van der Waals surface area contributed by atoms with E-state index in [0.29, 0.717) is 13.2 Å². The van der Waals surface area contributed by atoms with Gasteiger partial charge in [-0.2, -0.15) is 10.2 Å². The first-order valence-corrected chi connectivity index (χ1v) is 8.93. The lowest BCUT2D eigenvalue weighted by Crippen LogP contribution is -2.44. The molecule has 9 nitrogen and oxygen atoms in total. The van der Waals surface area contributed by atoms with Gasteiger partial charge < -0.3 is 9.64 Å². The fourth-order valence-corrected chi connectivity index (χ4v) is 3.57. The highest BCUT2D eigenvalue weighted by atomic mass is 16.5. The summed E-state index contributed by atoms with van der Waals surface area (Å²) in [6.07, 6.45) is 5.31. The van der Waals surface area contributed by atoms with Crippen LogP contribution in [0.15, 0.2) is 36.9 Å². The van der Waals surface area contributed by atoms with Crippen molar-refractivity contribution in [2.75, 3.05) is 24.7 Å². The van der Waals surface area contributed by atoms with E-state index in [-0.39, 0.29) is 6.04 Å². The largest absolute Gasteiger partial charge is 0.377 e. The Hall–Kier alpha value is -3.20. The molecule has 9 heteroatoms. The highest BCUT2D eigenvalue weighted by molar-refractivity contribution is 5.76. The van der Waals surface area contributed by atoms with Crippen LogP contribution in [0.3, 0.4) is 0 Å². The van der Waals surface area contributed by atoms with E-state index in [1.54, 1.807) is 18.7 Å². The second-order valence-electron chi connectivity index (χ2n) is 6.71. The Labute approximate surface area is 155 Å². The minimum absolute atomic E-state index is 0.256. The number of rotatable bonds is 3. The van der Waals surface area contributed by atoms with Crippen molar-refractivity contribution in [3.05, 3.63) is 36.9 Å². The second kappa shape index (κ2) is 6.20. The molecular weight excluding hydrogens is 344 g/mol. The number of anilines is 1. The van der Waals surface area contributed by atoms with Crippen molar-refractivity contribution in [3.63, 3.8) is 0 Å². The van der Waals surface area contributed by atoms with Gasteiger partial charge in [0.15, 0.2) is 5.65 Å². The molecule has 0 bridgehead atoms. The maximum atomic E-state index is 5.60. The van der Waals surface area contributed by atoms with Gasteiger partial charge in [0, 0.05) is 32.1 Å². The average Bonchev–Trinajstić information content (AvgIpc) is 3.41. The van der Waals surface area contributed by atoms with Crippen LogP contribution in [-0.2, 0) is 11.8 Å². The average molecular weight is 364 g/mol. The first-order valence-electron chi connectivity index (χ1n) is 8.93. The van der Waals surface area contributed by atoms with E-state index < -0.39 is 0 Å². The highest BCUT2D eigenvalue weighted by Gasteiger charge is 2.24. The number of morpholine rings is 1. The fraction of sp³-hybridized carbons (Fsp3) is 0.333. The molecule has 0 saturated carbocycles. The van der Waals surface area contributed by atoms with Crippen LogP contribution in [0.5, 0.6) is 0 Å². The van der Waals surface area contributed by atoms with Crippen LogP contribution in [0.2, 0.25) is 0 Å². The normalized spacial score (nSPS) is 17.7. The van der Waals surface area contributed by atoms with Crippen LogP contribution in [0.25, 0.3) is 28.4 Å². The van der Waals surface area contributed by atoms with E-state index in [0.717, 1.165) is 40.8 Å². The van der Waals surface area contributed by atoms with E-state index in [1.807, 2.05) is 28.3 Å². The van der Waals surface area contributed by atoms with Gasteiger partial charge in [0.1, 0.15) is 17.8 Å². The van der Waals surface area contributed by atoms with Crippen LogP contribution in [0.4, 0.5) is 5.82 Å². The number of ether oxygens (including phenoxy) is 1.